The lowest BCUT2D eigenvalue weighted by atomic mass is 9.74. The standard InChI is InChI=1S/C22H44O4/c1-9-20(10-2,11-3)23-25-22(17-15-16-19(7,8)18-22)26-24-21(12-4,13-5)14-6/h9-18H2,1-8H3. The average molecular weight is 373 g/mol. The molecule has 0 aromatic heterocycles. The van der Waals surface area contributed by atoms with Crippen LogP contribution >= 0.6 is 0 Å². The second kappa shape index (κ2) is 9.86. The van der Waals surface area contributed by atoms with Crippen LogP contribution < -0.4 is 0 Å². The highest BCUT2D eigenvalue weighted by Gasteiger charge is 2.47. The van der Waals surface area contributed by atoms with Crippen LogP contribution in [0, 0.1) is 5.41 Å². The Balaban J connectivity index is 2.97. The summed E-state index contributed by atoms with van der Waals surface area (Å²) >= 11 is 0. The minimum atomic E-state index is -0.822. The molecule has 0 saturated heterocycles. The lowest BCUT2D eigenvalue weighted by molar-refractivity contribution is -0.556. The fourth-order valence-electron chi connectivity index (χ4n) is 4.08. The molecule has 1 fully saturated rings. The molecule has 1 rings (SSSR count). The van der Waals surface area contributed by atoms with Gasteiger partial charge in [0.15, 0.2) is 0 Å². The van der Waals surface area contributed by atoms with Crippen LogP contribution in [0.4, 0.5) is 0 Å². The summed E-state index contributed by atoms with van der Waals surface area (Å²) in [5, 5.41) is 0. The first-order valence-corrected chi connectivity index (χ1v) is 10.9. The maximum atomic E-state index is 6.13. The predicted molar refractivity (Wildman–Crippen MR) is 107 cm³/mol. The predicted octanol–water partition coefficient (Wildman–Crippen LogP) is 7.12. The van der Waals surface area contributed by atoms with Gasteiger partial charge in [0.25, 0.3) is 0 Å². The van der Waals surface area contributed by atoms with E-state index in [9.17, 15) is 0 Å². The lowest BCUT2D eigenvalue weighted by Crippen LogP contribution is -2.48. The molecular weight excluding hydrogens is 328 g/mol. The van der Waals surface area contributed by atoms with Crippen molar-refractivity contribution in [1.82, 2.24) is 0 Å². The minimum Gasteiger partial charge on any atom is -0.227 e. The summed E-state index contributed by atoms with van der Waals surface area (Å²) in [5.74, 6) is -0.822. The van der Waals surface area contributed by atoms with Gasteiger partial charge in [-0.25, -0.2) is 9.78 Å². The second-order valence-corrected chi connectivity index (χ2v) is 8.93. The Morgan fingerprint density at radius 2 is 1.04 bits per heavy atom. The molecule has 1 saturated carbocycles. The van der Waals surface area contributed by atoms with Crippen LogP contribution in [-0.4, -0.2) is 17.0 Å². The highest BCUT2D eigenvalue weighted by Crippen LogP contribution is 2.45. The Labute approximate surface area is 162 Å². The number of hydrogen-bond donors (Lipinski definition) is 0. The molecule has 0 amide bonds. The van der Waals surface area contributed by atoms with Gasteiger partial charge in [0.05, 0.1) is 0 Å². The SMILES string of the molecule is CCC(CC)(CC)OOC1(OOC(CC)(CC)CC)CCCC(C)(C)C1. The van der Waals surface area contributed by atoms with Crippen LogP contribution in [-0.2, 0) is 19.6 Å². The summed E-state index contributed by atoms with van der Waals surface area (Å²) in [6.45, 7) is 17.5. The number of hydrogen-bond acceptors (Lipinski definition) is 4. The molecule has 0 radical (unpaired) electrons. The molecule has 4 nitrogen and oxygen atoms in total. The van der Waals surface area contributed by atoms with Crippen molar-refractivity contribution < 1.29 is 19.6 Å². The summed E-state index contributed by atoms with van der Waals surface area (Å²) in [5.41, 5.74) is -0.365. The van der Waals surface area contributed by atoms with Crippen LogP contribution in [0.3, 0.4) is 0 Å². The molecule has 156 valence electrons. The van der Waals surface area contributed by atoms with Crippen molar-refractivity contribution in [1.29, 1.82) is 0 Å². The Kier molecular flexibility index (Phi) is 9.06. The van der Waals surface area contributed by atoms with Gasteiger partial charge >= 0.3 is 0 Å². The highest BCUT2D eigenvalue weighted by atomic mass is 17.3. The van der Waals surface area contributed by atoms with E-state index in [0.29, 0.717) is 0 Å². The quantitative estimate of drug-likeness (QED) is 0.208. The van der Waals surface area contributed by atoms with Gasteiger partial charge in [-0.3, -0.25) is 0 Å². The van der Waals surface area contributed by atoms with Crippen LogP contribution in [0.15, 0.2) is 0 Å². The third-order valence-corrected chi connectivity index (χ3v) is 6.77. The Morgan fingerprint density at radius 1 is 0.654 bits per heavy atom. The van der Waals surface area contributed by atoms with Gasteiger partial charge in [0.1, 0.15) is 11.2 Å². The monoisotopic (exact) mass is 372 g/mol. The van der Waals surface area contributed by atoms with E-state index in [1.807, 2.05) is 0 Å². The normalized spacial score (nSPS) is 20.3. The lowest BCUT2D eigenvalue weighted by Gasteiger charge is -2.45. The maximum Gasteiger partial charge on any atom is 0.234 e. The Bertz CT molecular complexity index is 356. The molecule has 1 aliphatic rings. The van der Waals surface area contributed by atoms with E-state index in [1.54, 1.807) is 0 Å². The fourth-order valence-corrected chi connectivity index (χ4v) is 4.08. The first kappa shape index (κ1) is 23.9. The van der Waals surface area contributed by atoms with E-state index in [1.165, 1.54) is 6.42 Å². The van der Waals surface area contributed by atoms with Crippen molar-refractivity contribution >= 4 is 0 Å². The zero-order chi connectivity index (χ0) is 19.9. The van der Waals surface area contributed by atoms with E-state index in [2.05, 4.69) is 55.4 Å². The third-order valence-electron chi connectivity index (χ3n) is 6.77. The van der Waals surface area contributed by atoms with Crippen LogP contribution in [0.2, 0.25) is 0 Å². The van der Waals surface area contributed by atoms with Gasteiger partial charge in [-0.15, -0.1) is 0 Å². The van der Waals surface area contributed by atoms with E-state index in [0.717, 1.165) is 57.8 Å². The van der Waals surface area contributed by atoms with E-state index < -0.39 is 5.79 Å². The van der Waals surface area contributed by atoms with E-state index >= 15 is 0 Å². The molecule has 0 N–H and O–H groups in total. The summed E-state index contributed by atoms with van der Waals surface area (Å²) in [6.07, 6.45) is 9.32. The molecule has 0 unspecified atom stereocenters. The van der Waals surface area contributed by atoms with Gasteiger partial charge in [-0.1, -0.05) is 55.4 Å². The first-order valence-electron chi connectivity index (χ1n) is 10.9. The Morgan fingerprint density at radius 3 is 1.35 bits per heavy atom. The highest BCUT2D eigenvalue weighted by molar-refractivity contribution is 4.86. The third kappa shape index (κ3) is 5.92. The fraction of sp³-hybridized carbons (Fsp3) is 1.00. The van der Waals surface area contributed by atoms with E-state index in [-0.39, 0.29) is 16.6 Å². The van der Waals surface area contributed by atoms with Crippen molar-refractivity contribution in [2.75, 3.05) is 0 Å². The minimum absolute atomic E-state index is 0.144. The zero-order valence-electron chi connectivity index (χ0n) is 18.7. The second-order valence-electron chi connectivity index (χ2n) is 8.93. The van der Waals surface area contributed by atoms with Crippen LogP contribution in [0.25, 0.3) is 0 Å². The van der Waals surface area contributed by atoms with Crippen molar-refractivity contribution in [3.05, 3.63) is 0 Å². The molecule has 0 atom stereocenters. The molecule has 0 heterocycles. The van der Waals surface area contributed by atoms with Crippen molar-refractivity contribution in [3.63, 3.8) is 0 Å². The molecule has 0 aromatic rings. The summed E-state index contributed by atoms with van der Waals surface area (Å²) in [6, 6.07) is 0. The van der Waals surface area contributed by atoms with Gasteiger partial charge in [0.2, 0.25) is 5.79 Å². The first-order chi connectivity index (χ1) is 12.2. The molecule has 4 heteroatoms. The molecular formula is C22H44O4. The van der Waals surface area contributed by atoms with Gasteiger partial charge < -0.3 is 0 Å². The summed E-state index contributed by atoms with van der Waals surface area (Å²) in [7, 11) is 0. The van der Waals surface area contributed by atoms with Crippen molar-refractivity contribution in [2.24, 2.45) is 5.41 Å². The molecule has 1 aliphatic carbocycles. The molecule has 0 bridgehead atoms. The van der Waals surface area contributed by atoms with E-state index in [4.69, 9.17) is 19.6 Å². The summed E-state index contributed by atoms with van der Waals surface area (Å²) < 4.78 is 0. The molecule has 0 aromatic carbocycles. The maximum absolute atomic E-state index is 6.13. The van der Waals surface area contributed by atoms with Gasteiger partial charge in [0, 0.05) is 12.8 Å². The number of rotatable bonds is 12. The topological polar surface area (TPSA) is 36.9 Å². The van der Waals surface area contributed by atoms with Crippen molar-refractivity contribution in [2.45, 2.75) is 137 Å². The van der Waals surface area contributed by atoms with Crippen molar-refractivity contribution in [3.8, 4) is 0 Å². The largest absolute Gasteiger partial charge is 0.234 e. The van der Waals surface area contributed by atoms with Gasteiger partial charge in [-0.05, 0) is 56.8 Å². The molecule has 26 heavy (non-hydrogen) atoms. The molecule has 0 spiro atoms. The van der Waals surface area contributed by atoms with Crippen LogP contribution in [0.1, 0.15) is 120 Å². The molecule has 0 aliphatic heterocycles. The Hall–Kier alpha value is -0.160. The van der Waals surface area contributed by atoms with Gasteiger partial charge in [-0.2, -0.15) is 9.78 Å². The summed E-state index contributed by atoms with van der Waals surface area (Å²) in [4.78, 5) is 24.4. The zero-order valence-corrected chi connectivity index (χ0v) is 18.7. The van der Waals surface area contributed by atoms with Crippen LogP contribution in [0.5, 0.6) is 0 Å². The average Bonchev–Trinajstić information content (AvgIpc) is 2.64. The smallest absolute Gasteiger partial charge is 0.227 e.